The number of aromatic nitrogens is 2. The number of hydrogen-bond donors (Lipinski definition) is 2. The van der Waals surface area contributed by atoms with Crippen LogP contribution in [0.4, 0.5) is 0 Å². The minimum Gasteiger partial charge on any atom is -0.390 e. The van der Waals surface area contributed by atoms with Gasteiger partial charge < -0.3 is 10.4 Å². The number of rotatable bonds is 2. The Morgan fingerprint density at radius 1 is 1.26 bits per heavy atom. The van der Waals surface area contributed by atoms with Crippen LogP contribution < -0.4 is 5.32 Å². The van der Waals surface area contributed by atoms with Gasteiger partial charge in [-0.05, 0) is 17.2 Å². The molecule has 1 aliphatic rings. The first kappa shape index (κ1) is 11.8. The largest absolute Gasteiger partial charge is 0.390 e. The normalized spacial score (nSPS) is 20.9. The van der Waals surface area contributed by atoms with Crippen LogP contribution in [0.2, 0.25) is 0 Å². The molecular formula is C14H13N3O2. The van der Waals surface area contributed by atoms with Crippen molar-refractivity contribution in [2.24, 2.45) is 0 Å². The van der Waals surface area contributed by atoms with E-state index in [1.807, 2.05) is 24.3 Å². The summed E-state index contributed by atoms with van der Waals surface area (Å²) < 4.78 is 0. The average molecular weight is 255 g/mol. The number of aliphatic hydroxyl groups excluding tert-OH is 1. The van der Waals surface area contributed by atoms with Crippen LogP contribution >= 0.6 is 0 Å². The van der Waals surface area contributed by atoms with Crippen LogP contribution in [0.3, 0.4) is 0 Å². The fourth-order valence-electron chi connectivity index (χ4n) is 2.40. The number of carbonyl (C=O) groups excluding carboxylic acids is 1. The molecule has 2 N–H and O–H groups in total. The lowest BCUT2D eigenvalue weighted by molar-refractivity contribution is 0.0857. The maximum absolute atomic E-state index is 12.1. The van der Waals surface area contributed by atoms with Crippen LogP contribution in [0.1, 0.15) is 27.5 Å². The number of aliphatic hydroxyl groups is 1. The van der Waals surface area contributed by atoms with Gasteiger partial charge in [-0.3, -0.25) is 4.79 Å². The van der Waals surface area contributed by atoms with Crippen molar-refractivity contribution >= 4 is 5.91 Å². The van der Waals surface area contributed by atoms with Crippen molar-refractivity contribution in [2.75, 3.05) is 0 Å². The molecule has 3 rings (SSSR count). The van der Waals surface area contributed by atoms with Gasteiger partial charge in [-0.25, -0.2) is 0 Å². The van der Waals surface area contributed by atoms with Gasteiger partial charge in [-0.1, -0.05) is 24.3 Å². The second-order valence-corrected chi connectivity index (χ2v) is 4.55. The van der Waals surface area contributed by atoms with Crippen molar-refractivity contribution in [3.63, 3.8) is 0 Å². The second kappa shape index (κ2) is 4.78. The third-order valence-electron chi connectivity index (χ3n) is 3.34. The lowest BCUT2D eigenvalue weighted by Gasteiger charge is -2.17. The Morgan fingerprint density at radius 3 is 2.89 bits per heavy atom. The Hall–Kier alpha value is -2.27. The van der Waals surface area contributed by atoms with Crippen LogP contribution in [0, 0.1) is 0 Å². The van der Waals surface area contributed by atoms with Crippen molar-refractivity contribution in [2.45, 2.75) is 18.6 Å². The van der Waals surface area contributed by atoms with Gasteiger partial charge in [-0.2, -0.15) is 10.2 Å². The predicted molar refractivity (Wildman–Crippen MR) is 68.4 cm³/mol. The zero-order chi connectivity index (χ0) is 13.2. The molecule has 0 aliphatic heterocycles. The summed E-state index contributed by atoms with van der Waals surface area (Å²) in [6.45, 7) is 0. The van der Waals surface area contributed by atoms with E-state index in [4.69, 9.17) is 0 Å². The van der Waals surface area contributed by atoms with E-state index >= 15 is 0 Å². The lowest BCUT2D eigenvalue weighted by atomic mass is 10.1. The van der Waals surface area contributed by atoms with E-state index in [2.05, 4.69) is 15.5 Å². The maximum atomic E-state index is 12.1. The summed E-state index contributed by atoms with van der Waals surface area (Å²) in [4.78, 5) is 12.1. The highest BCUT2D eigenvalue weighted by atomic mass is 16.3. The van der Waals surface area contributed by atoms with E-state index in [0.717, 1.165) is 11.1 Å². The summed E-state index contributed by atoms with van der Waals surface area (Å²) >= 11 is 0. The van der Waals surface area contributed by atoms with Gasteiger partial charge in [0.2, 0.25) is 0 Å². The van der Waals surface area contributed by atoms with Crippen LogP contribution in [0.5, 0.6) is 0 Å². The van der Waals surface area contributed by atoms with E-state index in [0.29, 0.717) is 12.0 Å². The lowest BCUT2D eigenvalue weighted by Crippen LogP contribution is -2.33. The molecule has 5 heteroatoms. The van der Waals surface area contributed by atoms with Crippen LogP contribution in [0.25, 0.3) is 0 Å². The van der Waals surface area contributed by atoms with E-state index in [1.165, 1.54) is 12.4 Å². The summed E-state index contributed by atoms with van der Waals surface area (Å²) in [7, 11) is 0. The molecule has 1 aromatic carbocycles. The van der Waals surface area contributed by atoms with E-state index < -0.39 is 6.10 Å². The van der Waals surface area contributed by atoms with E-state index in [9.17, 15) is 9.90 Å². The van der Waals surface area contributed by atoms with E-state index in [1.54, 1.807) is 6.07 Å². The molecule has 19 heavy (non-hydrogen) atoms. The van der Waals surface area contributed by atoms with Crippen LogP contribution in [-0.2, 0) is 6.42 Å². The summed E-state index contributed by atoms with van der Waals surface area (Å²) in [6, 6.07) is 8.97. The quantitative estimate of drug-likeness (QED) is 0.834. The Bertz CT molecular complexity index is 601. The molecule has 5 nitrogen and oxygen atoms in total. The SMILES string of the molecule is O=C(NC1c2ccccc2CC1O)c1ccnnc1. The van der Waals surface area contributed by atoms with Crippen molar-refractivity contribution in [1.82, 2.24) is 15.5 Å². The van der Waals surface area contributed by atoms with Gasteiger partial charge >= 0.3 is 0 Å². The molecule has 0 radical (unpaired) electrons. The van der Waals surface area contributed by atoms with Gasteiger partial charge in [0.1, 0.15) is 0 Å². The maximum Gasteiger partial charge on any atom is 0.253 e. The summed E-state index contributed by atoms with van der Waals surface area (Å²) in [5, 5.41) is 20.2. The first-order chi connectivity index (χ1) is 9.25. The number of benzene rings is 1. The molecule has 0 saturated carbocycles. The Morgan fingerprint density at radius 2 is 2.11 bits per heavy atom. The van der Waals surface area contributed by atoms with Gasteiger partial charge in [0, 0.05) is 6.42 Å². The topological polar surface area (TPSA) is 75.1 Å². The smallest absolute Gasteiger partial charge is 0.253 e. The molecule has 96 valence electrons. The van der Waals surface area contributed by atoms with Gasteiger partial charge in [0.25, 0.3) is 5.91 Å². The van der Waals surface area contributed by atoms with Gasteiger partial charge in [0.15, 0.2) is 0 Å². The first-order valence-corrected chi connectivity index (χ1v) is 6.09. The molecule has 0 fully saturated rings. The number of hydrogen-bond acceptors (Lipinski definition) is 4. The fraction of sp³-hybridized carbons (Fsp3) is 0.214. The van der Waals surface area contributed by atoms with Crippen LogP contribution in [-0.4, -0.2) is 27.3 Å². The minimum absolute atomic E-state index is 0.254. The standard InChI is InChI=1S/C14H13N3O2/c18-12-7-9-3-1-2-4-11(9)13(12)17-14(19)10-5-6-15-16-8-10/h1-6,8,12-13,18H,7H2,(H,17,19). The average Bonchev–Trinajstić information content (AvgIpc) is 2.76. The Labute approximate surface area is 110 Å². The number of nitrogens with one attached hydrogen (secondary N) is 1. The third kappa shape index (κ3) is 2.20. The van der Waals surface area contributed by atoms with Gasteiger partial charge in [0.05, 0.1) is 30.1 Å². The van der Waals surface area contributed by atoms with Crippen LogP contribution in [0.15, 0.2) is 42.7 Å². The minimum atomic E-state index is -0.587. The van der Waals surface area contributed by atoms with Crippen molar-refractivity contribution in [3.8, 4) is 0 Å². The Kier molecular flexibility index (Phi) is 2.97. The molecule has 2 aromatic rings. The summed E-state index contributed by atoms with van der Waals surface area (Å²) in [5.74, 6) is -0.254. The monoisotopic (exact) mass is 255 g/mol. The molecular weight excluding hydrogens is 242 g/mol. The molecule has 0 bridgehead atoms. The molecule has 1 heterocycles. The molecule has 2 atom stereocenters. The zero-order valence-corrected chi connectivity index (χ0v) is 10.2. The first-order valence-electron chi connectivity index (χ1n) is 6.09. The molecule has 0 saturated heterocycles. The van der Waals surface area contributed by atoms with Crippen molar-refractivity contribution in [3.05, 3.63) is 59.4 Å². The third-order valence-corrected chi connectivity index (χ3v) is 3.34. The highest BCUT2D eigenvalue weighted by Gasteiger charge is 2.31. The number of amides is 1. The number of carbonyl (C=O) groups is 1. The van der Waals surface area contributed by atoms with Crippen molar-refractivity contribution in [1.29, 1.82) is 0 Å². The highest BCUT2D eigenvalue weighted by Crippen LogP contribution is 2.31. The van der Waals surface area contributed by atoms with Gasteiger partial charge in [-0.15, -0.1) is 0 Å². The predicted octanol–water partition coefficient (Wildman–Crippen LogP) is 0.865. The van der Waals surface area contributed by atoms with Crippen molar-refractivity contribution < 1.29 is 9.90 Å². The summed E-state index contributed by atoms with van der Waals surface area (Å²) in [5.41, 5.74) is 2.49. The summed E-state index contributed by atoms with van der Waals surface area (Å²) in [6.07, 6.45) is 2.85. The molecule has 1 amide bonds. The fourth-order valence-corrected chi connectivity index (χ4v) is 2.40. The molecule has 1 aromatic heterocycles. The van der Waals surface area contributed by atoms with E-state index in [-0.39, 0.29) is 11.9 Å². The highest BCUT2D eigenvalue weighted by molar-refractivity contribution is 5.94. The second-order valence-electron chi connectivity index (χ2n) is 4.55. The Balaban J connectivity index is 1.82. The molecule has 0 spiro atoms. The number of nitrogens with zero attached hydrogens (tertiary/aromatic N) is 2. The molecule has 2 unspecified atom stereocenters. The zero-order valence-electron chi connectivity index (χ0n) is 10.2. The number of fused-ring (bicyclic) bond motifs is 1. The molecule has 1 aliphatic carbocycles.